The van der Waals surface area contributed by atoms with E-state index in [9.17, 15) is 9.18 Å². The Balaban J connectivity index is 1.14. The molecule has 1 spiro atoms. The number of rotatable bonds is 9. The van der Waals surface area contributed by atoms with Gasteiger partial charge in [0, 0.05) is 31.5 Å². The lowest BCUT2D eigenvalue weighted by molar-refractivity contribution is -0.152. The van der Waals surface area contributed by atoms with Crippen LogP contribution in [-0.2, 0) is 20.9 Å². The highest BCUT2D eigenvalue weighted by Gasteiger charge is 2.63. The quantitative estimate of drug-likeness (QED) is 0.381. The number of ether oxygens (including phenoxy) is 3. The number of likely N-dealkylation sites (tertiary alicyclic amines) is 1. The Morgan fingerprint density at radius 1 is 1.03 bits per heavy atom. The summed E-state index contributed by atoms with van der Waals surface area (Å²) in [5, 5.41) is 4.62. The molecule has 0 N–H and O–H groups in total. The van der Waals surface area contributed by atoms with Crippen molar-refractivity contribution in [3.8, 4) is 22.6 Å². The van der Waals surface area contributed by atoms with Crippen molar-refractivity contribution >= 4 is 11.7 Å². The van der Waals surface area contributed by atoms with Crippen LogP contribution in [0.4, 0.5) is 4.39 Å². The zero-order valence-electron chi connectivity index (χ0n) is 23.1. The Morgan fingerprint density at radius 2 is 1.67 bits per heavy atom. The minimum Gasteiger partial charge on any atom is -0.493 e. The van der Waals surface area contributed by atoms with Crippen molar-refractivity contribution in [1.29, 1.82) is 0 Å². The second-order valence-electron chi connectivity index (χ2n) is 11.7. The van der Waals surface area contributed by atoms with Crippen LogP contribution in [0.3, 0.4) is 0 Å². The molecule has 2 aromatic carbocycles. The molecule has 6 rings (SSSR count). The first-order chi connectivity index (χ1) is 18.8. The fourth-order valence-electron chi connectivity index (χ4n) is 7.38. The van der Waals surface area contributed by atoms with E-state index in [2.05, 4.69) is 22.2 Å². The largest absolute Gasteiger partial charge is 0.493 e. The Hall–Kier alpha value is -3.13. The second kappa shape index (κ2) is 9.81. The molecule has 0 unspecified atom stereocenters. The van der Waals surface area contributed by atoms with Crippen LogP contribution >= 0.6 is 0 Å². The SMILES string of the molecule is CCOc1cc(CN2CC3(CC(C45CCC(C(=O)OC)(CC4)C5)=NO3)C2)cc(OCC)c1-c1ccc(F)cc1. The highest BCUT2D eigenvalue weighted by molar-refractivity contribution is 5.94. The highest BCUT2D eigenvalue weighted by Crippen LogP contribution is 2.64. The van der Waals surface area contributed by atoms with Gasteiger partial charge in [-0.15, -0.1) is 0 Å². The number of halogens is 1. The number of hydrogen-bond donors (Lipinski definition) is 0. The number of oxime groups is 1. The van der Waals surface area contributed by atoms with E-state index in [1.54, 1.807) is 12.1 Å². The summed E-state index contributed by atoms with van der Waals surface area (Å²) >= 11 is 0. The summed E-state index contributed by atoms with van der Waals surface area (Å²) in [7, 11) is 1.49. The minimum atomic E-state index is -0.324. The molecule has 8 heteroatoms. The van der Waals surface area contributed by atoms with Gasteiger partial charge in [0.25, 0.3) is 0 Å². The molecule has 208 valence electrons. The number of carbonyl (C=O) groups excluding carboxylic acids is 1. The molecule has 2 saturated carbocycles. The molecule has 3 fully saturated rings. The first kappa shape index (κ1) is 26.1. The van der Waals surface area contributed by atoms with Crippen LogP contribution in [0.1, 0.15) is 57.9 Å². The summed E-state index contributed by atoms with van der Waals surface area (Å²) in [4.78, 5) is 20.9. The van der Waals surface area contributed by atoms with Crippen LogP contribution < -0.4 is 9.47 Å². The molecular formula is C31H37FN2O5. The molecule has 4 aliphatic rings. The Bertz CT molecular complexity index is 1250. The van der Waals surface area contributed by atoms with Crippen LogP contribution in [0, 0.1) is 16.6 Å². The molecule has 39 heavy (non-hydrogen) atoms. The lowest BCUT2D eigenvalue weighted by Gasteiger charge is -2.45. The maximum Gasteiger partial charge on any atom is 0.311 e. The Labute approximate surface area is 229 Å². The Kier molecular flexibility index (Phi) is 6.57. The van der Waals surface area contributed by atoms with Crippen molar-refractivity contribution in [1.82, 2.24) is 4.90 Å². The van der Waals surface area contributed by atoms with Crippen molar-refractivity contribution in [3.63, 3.8) is 0 Å². The second-order valence-corrected chi connectivity index (χ2v) is 11.7. The van der Waals surface area contributed by atoms with Crippen LogP contribution in [0.15, 0.2) is 41.6 Å². The summed E-state index contributed by atoms with van der Waals surface area (Å²) in [5.41, 5.74) is 3.33. The molecule has 2 aromatic rings. The number of nitrogens with zero attached hydrogens (tertiary/aromatic N) is 2. The van der Waals surface area contributed by atoms with E-state index >= 15 is 0 Å². The van der Waals surface area contributed by atoms with Gasteiger partial charge < -0.3 is 19.0 Å². The van der Waals surface area contributed by atoms with Crippen molar-refractivity contribution in [2.24, 2.45) is 16.0 Å². The molecule has 7 nitrogen and oxygen atoms in total. The molecule has 2 aliphatic heterocycles. The van der Waals surface area contributed by atoms with Gasteiger partial charge in [0.15, 0.2) is 5.60 Å². The topological polar surface area (TPSA) is 69.6 Å². The zero-order chi connectivity index (χ0) is 27.3. The van der Waals surface area contributed by atoms with Gasteiger partial charge in [-0.05, 0) is 81.3 Å². The fraction of sp³-hybridized carbons (Fsp3) is 0.548. The predicted molar refractivity (Wildman–Crippen MR) is 145 cm³/mol. The average molecular weight is 537 g/mol. The summed E-state index contributed by atoms with van der Waals surface area (Å²) < 4.78 is 30.8. The van der Waals surface area contributed by atoms with Gasteiger partial charge in [0.1, 0.15) is 17.3 Å². The summed E-state index contributed by atoms with van der Waals surface area (Å²) in [5.74, 6) is 1.13. The third-order valence-electron chi connectivity index (χ3n) is 9.20. The monoisotopic (exact) mass is 536 g/mol. The first-order valence-electron chi connectivity index (χ1n) is 14.1. The molecular weight excluding hydrogens is 499 g/mol. The van der Waals surface area contributed by atoms with E-state index < -0.39 is 0 Å². The average Bonchev–Trinajstić information content (AvgIpc) is 3.63. The molecule has 2 aliphatic carbocycles. The standard InChI is InChI=1S/C31H37FN2O5/c1-4-37-24-14-21(15-25(38-5-2)27(24)22-6-8-23(32)9-7-22)17-34-19-31(20-34)16-26(33-39-31)29-10-12-30(18-29,13-11-29)28(35)36-3/h6-9,14-15H,4-5,10-13,16-20H2,1-3H3. The fourth-order valence-corrected chi connectivity index (χ4v) is 7.38. The summed E-state index contributed by atoms with van der Waals surface area (Å²) in [6.07, 6.45) is 5.43. The number of fused-ring (bicyclic) bond motifs is 2. The van der Waals surface area contributed by atoms with Crippen molar-refractivity contribution in [2.75, 3.05) is 33.4 Å². The molecule has 0 radical (unpaired) electrons. The van der Waals surface area contributed by atoms with Crippen molar-refractivity contribution < 1.29 is 28.2 Å². The molecule has 0 atom stereocenters. The minimum absolute atomic E-state index is 0.00687. The van der Waals surface area contributed by atoms with E-state index in [1.165, 1.54) is 19.2 Å². The van der Waals surface area contributed by atoms with Gasteiger partial charge in [-0.3, -0.25) is 9.69 Å². The maximum atomic E-state index is 13.6. The number of carbonyl (C=O) groups is 1. The van der Waals surface area contributed by atoms with Gasteiger partial charge in [0.2, 0.25) is 0 Å². The summed E-state index contributed by atoms with van der Waals surface area (Å²) in [6.45, 7) is 7.28. The van der Waals surface area contributed by atoms with E-state index in [1.807, 2.05) is 13.8 Å². The highest BCUT2D eigenvalue weighted by atomic mass is 19.1. The molecule has 2 heterocycles. The third kappa shape index (κ3) is 4.46. The lowest BCUT2D eigenvalue weighted by atomic mass is 9.74. The van der Waals surface area contributed by atoms with Gasteiger partial charge in [-0.1, -0.05) is 17.3 Å². The smallest absolute Gasteiger partial charge is 0.311 e. The molecule has 1 saturated heterocycles. The summed E-state index contributed by atoms with van der Waals surface area (Å²) in [6, 6.07) is 10.6. The van der Waals surface area contributed by atoms with Gasteiger partial charge >= 0.3 is 5.97 Å². The van der Waals surface area contributed by atoms with Gasteiger partial charge in [-0.25, -0.2) is 4.39 Å². The number of esters is 1. The Morgan fingerprint density at radius 3 is 2.26 bits per heavy atom. The van der Waals surface area contributed by atoms with Crippen LogP contribution in [0.2, 0.25) is 0 Å². The van der Waals surface area contributed by atoms with E-state index in [-0.39, 0.29) is 28.2 Å². The number of methoxy groups -OCH3 is 1. The van der Waals surface area contributed by atoms with E-state index in [0.29, 0.717) is 13.2 Å². The van der Waals surface area contributed by atoms with E-state index in [4.69, 9.17) is 19.0 Å². The van der Waals surface area contributed by atoms with Crippen molar-refractivity contribution in [3.05, 3.63) is 47.8 Å². The van der Waals surface area contributed by atoms with Gasteiger partial charge in [0.05, 0.1) is 37.0 Å². The van der Waals surface area contributed by atoms with Crippen LogP contribution in [-0.4, -0.2) is 55.6 Å². The van der Waals surface area contributed by atoms with Crippen LogP contribution in [0.5, 0.6) is 11.5 Å². The zero-order valence-corrected chi connectivity index (χ0v) is 23.1. The van der Waals surface area contributed by atoms with E-state index in [0.717, 1.165) is 92.1 Å². The number of hydrogen-bond acceptors (Lipinski definition) is 7. The predicted octanol–water partition coefficient (Wildman–Crippen LogP) is 5.74. The van der Waals surface area contributed by atoms with Crippen molar-refractivity contribution in [2.45, 2.75) is 64.5 Å². The molecule has 0 aromatic heterocycles. The van der Waals surface area contributed by atoms with Gasteiger partial charge in [-0.2, -0.15) is 0 Å². The third-order valence-corrected chi connectivity index (χ3v) is 9.20. The number of benzene rings is 2. The normalized spacial score (nSPS) is 26.7. The lowest BCUT2D eigenvalue weighted by Crippen LogP contribution is -2.61. The molecule has 0 amide bonds. The first-order valence-corrected chi connectivity index (χ1v) is 14.1. The van der Waals surface area contributed by atoms with Crippen LogP contribution in [0.25, 0.3) is 11.1 Å². The maximum absolute atomic E-state index is 13.6. The molecule has 2 bridgehead atoms.